The molecule has 0 bridgehead atoms. The number of hydrogen-bond acceptors (Lipinski definition) is 2. The van der Waals surface area contributed by atoms with E-state index in [0.717, 1.165) is 22.2 Å². The lowest BCUT2D eigenvalue weighted by Crippen LogP contribution is -2.29. The van der Waals surface area contributed by atoms with Gasteiger partial charge < -0.3 is 10.3 Å². The Morgan fingerprint density at radius 3 is 2.72 bits per heavy atom. The first-order chi connectivity index (χ1) is 8.49. The fourth-order valence-electron chi connectivity index (χ4n) is 2.19. The number of H-pyrrole nitrogens is 1. The predicted octanol–water partition coefficient (Wildman–Crippen LogP) is 2.97. The van der Waals surface area contributed by atoms with Crippen molar-refractivity contribution in [2.75, 3.05) is 6.54 Å². The van der Waals surface area contributed by atoms with Crippen LogP contribution in [0.4, 0.5) is 0 Å². The summed E-state index contributed by atoms with van der Waals surface area (Å²) in [7, 11) is 0. The maximum atomic E-state index is 12.2. The monoisotopic (exact) mass is 244 g/mol. The van der Waals surface area contributed by atoms with Gasteiger partial charge in [0.1, 0.15) is 0 Å². The van der Waals surface area contributed by atoms with Crippen LogP contribution in [-0.4, -0.2) is 23.4 Å². The zero-order valence-corrected chi connectivity index (χ0v) is 11.4. The Balaban J connectivity index is 2.38. The first-order valence-corrected chi connectivity index (χ1v) is 6.34. The summed E-state index contributed by atoms with van der Waals surface area (Å²) in [5.41, 5.74) is 4.01. The van der Waals surface area contributed by atoms with Crippen molar-refractivity contribution in [3.8, 4) is 0 Å². The molecular formula is C15H20N2O. The van der Waals surface area contributed by atoms with Gasteiger partial charge in [-0.3, -0.25) is 4.79 Å². The molecule has 2 rings (SSSR count). The molecule has 3 heteroatoms. The van der Waals surface area contributed by atoms with Gasteiger partial charge in [0.15, 0.2) is 5.78 Å². The van der Waals surface area contributed by atoms with E-state index in [0.29, 0.717) is 12.6 Å². The van der Waals surface area contributed by atoms with Crippen LogP contribution in [0.25, 0.3) is 10.9 Å². The van der Waals surface area contributed by atoms with Crippen molar-refractivity contribution >= 4 is 16.7 Å². The zero-order valence-electron chi connectivity index (χ0n) is 11.4. The molecule has 0 aliphatic carbocycles. The van der Waals surface area contributed by atoms with Crippen LogP contribution in [0.5, 0.6) is 0 Å². The van der Waals surface area contributed by atoms with Crippen molar-refractivity contribution in [2.45, 2.75) is 33.7 Å². The number of Topliss-reactive ketones (excluding diaryl/α,β-unsaturated/α-hetero) is 1. The fourth-order valence-corrected chi connectivity index (χ4v) is 2.19. The van der Waals surface area contributed by atoms with Crippen LogP contribution >= 0.6 is 0 Å². The summed E-state index contributed by atoms with van der Waals surface area (Å²) in [6.07, 6.45) is 0. The Kier molecular flexibility index (Phi) is 3.53. The Morgan fingerprint density at radius 1 is 1.33 bits per heavy atom. The average Bonchev–Trinajstić information content (AvgIpc) is 2.61. The number of ketones is 1. The molecule has 0 saturated heterocycles. The summed E-state index contributed by atoms with van der Waals surface area (Å²) in [6, 6.07) is 6.47. The quantitative estimate of drug-likeness (QED) is 0.812. The molecule has 3 nitrogen and oxygen atoms in total. The van der Waals surface area contributed by atoms with Gasteiger partial charge in [-0.05, 0) is 25.5 Å². The zero-order chi connectivity index (χ0) is 13.3. The van der Waals surface area contributed by atoms with Crippen LogP contribution in [0.15, 0.2) is 18.2 Å². The van der Waals surface area contributed by atoms with Crippen LogP contribution in [-0.2, 0) is 0 Å². The number of aromatic nitrogens is 1. The van der Waals surface area contributed by atoms with E-state index in [1.807, 2.05) is 32.9 Å². The molecule has 0 atom stereocenters. The number of hydrogen-bond donors (Lipinski definition) is 2. The second-order valence-corrected chi connectivity index (χ2v) is 5.13. The summed E-state index contributed by atoms with van der Waals surface area (Å²) < 4.78 is 0. The van der Waals surface area contributed by atoms with Crippen molar-refractivity contribution < 1.29 is 4.79 Å². The van der Waals surface area contributed by atoms with Crippen molar-refractivity contribution in [2.24, 2.45) is 0 Å². The highest BCUT2D eigenvalue weighted by Crippen LogP contribution is 2.23. The summed E-state index contributed by atoms with van der Waals surface area (Å²) in [5.74, 6) is 0.149. The van der Waals surface area contributed by atoms with Gasteiger partial charge in [-0.25, -0.2) is 0 Å². The SMILES string of the molecule is Cc1ccc2c(C(=O)CNC(C)C)c(C)[nH]c2c1. The molecule has 0 aliphatic rings. The second kappa shape index (κ2) is 4.94. The first kappa shape index (κ1) is 12.8. The molecule has 0 saturated carbocycles. The molecule has 96 valence electrons. The molecule has 2 aromatic rings. The largest absolute Gasteiger partial charge is 0.358 e. The highest BCUT2D eigenvalue weighted by molar-refractivity contribution is 6.10. The predicted molar refractivity (Wildman–Crippen MR) is 75.2 cm³/mol. The number of benzene rings is 1. The first-order valence-electron chi connectivity index (χ1n) is 6.34. The lowest BCUT2D eigenvalue weighted by molar-refractivity contribution is 0.0989. The van der Waals surface area contributed by atoms with Crippen molar-refractivity contribution in [3.63, 3.8) is 0 Å². The van der Waals surface area contributed by atoms with E-state index in [4.69, 9.17) is 0 Å². The minimum absolute atomic E-state index is 0.149. The topological polar surface area (TPSA) is 44.9 Å². The average molecular weight is 244 g/mol. The van der Waals surface area contributed by atoms with Crippen LogP contribution in [0.3, 0.4) is 0 Å². The lowest BCUT2D eigenvalue weighted by atomic mass is 10.1. The minimum Gasteiger partial charge on any atom is -0.358 e. The third-order valence-corrected chi connectivity index (χ3v) is 3.09. The molecule has 0 radical (unpaired) electrons. The van der Waals surface area contributed by atoms with E-state index in [2.05, 4.69) is 23.3 Å². The van der Waals surface area contributed by atoms with Gasteiger partial charge >= 0.3 is 0 Å². The molecule has 1 heterocycles. The van der Waals surface area contributed by atoms with E-state index >= 15 is 0 Å². The summed E-state index contributed by atoms with van der Waals surface area (Å²) in [5, 5.41) is 4.20. The Morgan fingerprint density at radius 2 is 2.06 bits per heavy atom. The van der Waals surface area contributed by atoms with Gasteiger partial charge in [0.2, 0.25) is 0 Å². The third kappa shape index (κ3) is 2.46. The van der Waals surface area contributed by atoms with E-state index in [-0.39, 0.29) is 5.78 Å². The molecule has 0 fully saturated rings. The highest BCUT2D eigenvalue weighted by atomic mass is 16.1. The molecular weight excluding hydrogens is 224 g/mol. The Bertz CT molecular complexity index is 581. The summed E-state index contributed by atoms with van der Waals surface area (Å²) in [6.45, 7) is 8.48. The smallest absolute Gasteiger partial charge is 0.179 e. The van der Waals surface area contributed by atoms with Crippen molar-refractivity contribution in [1.29, 1.82) is 0 Å². The van der Waals surface area contributed by atoms with Gasteiger partial charge in [0.25, 0.3) is 0 Å². The number of carbonyl (C=O) groups is 1. The summed E-state index contributed by atoms with van der Waals surface area (Å²) >= 11 is 0. The Hall–Kier alpha value is -1.61. The minimum atomic E-state index is 0.149. The number of nitrogens with one attached hydrogen (secondary N) is 2. The maximum Gasteiger partial charge on any atom is 0.179 e. The molecule has 18 heavy (non-hydrogen) atoms. The number of aryl methyl sites for hydroxylation is 2. The molecule has 1 aromatic heterocycles. The van der Waals surface area contributed by atoms with Crippen molar-refractivity contribution in [3.05, 3.63) is 35.0 Å². The second-order valence-electron chi connectivity index (χ2n) is 5.13. The fraction of sp³-hybridized carbons (Fsp3) is 0.400. The molecule has 0 spiro atoms. The van der Waals surface area contributed by atoms with Crippen LogP contribution in [0.1, 0.15) is 35.5 Å². The third-order valence-electron chi connectivity index (χ3n) is 3.09. The van der Waals surface area contributed by atoms with Crippen LogP contribution in [0, 0.1) is 13.8 Å². The van der Waals surface area contributed by atoms with Gasteiger partial charge in [-0.15, -0.1) is 0 Å². The number of fused-ring (bicyclic) bond motifs is 1. The molecule has 2 N–H and O–H groups in total. The molecule has 1 aromatic carbocycles. The van der Waals surface area contributed by atoms with Gasteiger partial charge in [0.05, 0.1) is 6.54 Å². The lowest BCUT2D eigenvalue weighted by Gasteiger charge is -2.07. The van der Waals surface area contributed by atoms with Gasteiger partial charge in [0, 0.05) is 28.2 Å². The van der Waals surface area contributed by atoms with E-state index in [9.17, 15) is 4.79 Å². The molecule has 0 unspecified atom stereocenters. The molecule has 0 amide bonds. The standard InChI is InChI=1S/C15H20N2O/c1-9(2)16-8-14(18)15-11(4)17-13-7-10(3)5-6-12(13)15/h5-7,9,16-17H,8H2,1-4H3. The van der Waals surface area contributed by atoms with Gasteiger partial charge in [-0.1, -0.05) is 26.0 Å². The number of rotatable bonds is 4. The normalized spacial score (nSPS) is 11.4. The molecule has 0 aliphatic heterocycles. The van der Waals surface area contributed by atoms with E-state index < -0.39 is 0 Å². The Labute approximate surface area is 108 Å². The number of aromatic amines is 1. The maximum absolute atomic E-state index is 12.2. The summed E-state index contributed by atoms with van der Waals surface area (Å²) in [4.78, 5) is 15.5. The van der Waals surface area contributed by atoms with E-state index in [1.165, 1.54) is 5.56 Å². The van der Waals surface area contributed by atoms with Crippen molar-refractivity contribution in [1.82, 2.24) is 10.3 Å². The van der Waals surface area contributed by atoms with Crippen LogP contribution < -0.4 is 5.32 Å². The van der Waals surface area contributed by atoms with Gasteiger partial charge in [-0.2, -0.15) is 0 Å². The van der Waals surface area contributed by atoms with Crippen LogP contribution in [0.2, 0.25) is 0 Å². The highest BCUT2D eigenvalue weighted by Gasteiger charge is 2.15. The number of carbonyl (C=O) groups excluding carboxylic acids is 1. The van der Waals surface area contributed by atoms with E-state index in [1.54, 1.807) is 0 Å².